The van der Waals surface area contributed by atoms with E-state index in [1.54, 1.807) is 30.3 Å². The summed E-state index contributed by atoms with van der Waals surface area (Å²) in [5.74, 6) is -0.563. The van der Waals surface area contributed by atoms with Crippen LogP contribution in [-0.2, 0) is 6.18 Å². The summed E-state index contributed by atoms with van der Waals surface area (Å²) in [4.78, 5) is 13.4. The van der Waals surface area contributed by atoms with Gasteiger partial charge in [-0.05, 0) is 30.3 Å². The highest BCUT2D eigenvalue weighted by molar-refractivity contribution is 7.99. The van der Waals surface area contributed by atoms with Crippen molar-refractivity contribution in [1.82, 2.24) is 15.2 Å². The van der Waals surface area contributed by atoms with Crippen molar-refractivity contribution in [2.24, 2.45) is 5.10 Å². The van der Waals surface area contributed by atoms with Gasteiger partial charge in [0.2, 0.25) is 0 Å². The van der Waals surface area contributed by atoms with E-state index in [-0.39, 0.29) is 5.69 Å². The number of halogens is 5. The van der Waals surface area contributed by atoms with Crippen LogP contribution in [0.1, 0.15) is 21.6 Å². The van der Waals surface area contributed by atoms with E-state index in [1.807, 2.05) is 6.07 Å². The Kier molecular flexibility index (Phi) is 6.32. The zero-order valence-electron chi connectivity index (χ0n) is 16.0. The molecule has 0 unspecified atom stereocenters. The lowest BCUT2D eigenvalue weighted by molar-refractivity contribution is -0.143. The minimum absolute atomic E-state index is 0.177. The van der Waals surface area contributed by atoms with Gasteiger partial charge in [-0.2, -0.15) is 23.4 Å². The third-order valence-electron chi connectivity index (χ3n) is 4.51. The van der Waals surface area contributed by atoms with E-state index in [0.717, 1.165) is 16.7 Å². The monoisotopic (exact) mass is 496 g/mol. The number of nitrogens with one attached hydrogen (secondary N) is 1. The quantitative estimate of drug-likeness (QED) is 0.355. The van der Waals surface area contributed by atoms with Crippen molar-refractivity contribution in [1.29, 1.82) is 0 Å². The summed E-state index contributed by atoms with van der Waals surface area (Å²) in [6.45, 7) is 0. The molecule has 0 radical (unpaired) electrons. The lowest BCUT2D eigenvalue weighted by atomic mass is 10.1. The maximum atomic E-state index is 13.7. The molecule has 0 saturated heterocycles. The molecule has 2 heterocycles. The van der Waals surface area contributed by atoms with Crippen molar-refractivity contribution < 1.29 is 18.0 Å². The van der Waals surface area contributed by atoms with Crippen LogP contribution in [0, 0.1) is 0 Å². The van der Waals surface area contributed by atoms with E-state index in [1.165, 1.54) is 30.1 Å². The molecule has 1 aliphatic heterocycles. The van der Waals surface area contributed by atoms with Gasteiger partial charge in [-0.15, -0.1) is 11.8 Å². The van der Waals surface area contributed by atoms with Crippen LogP contribution < -0.4 is 5.43 Å². The molecule has 164 valence electrons. The van der Waals surface area contributed by atoms with E-state index in [0.29, 0.717) is 26.1 Å². The van der Waals surface area contributed by atoms with Crippen LogP contribution in [0.25, 0.3) is 10.7 Å². The number of amides is 1. The SMILES string of the molecule is O=C(NN=CC1=C(Cl)c2cc(Cl)ccc2SC1)c1cnn(-c2ccccc2)c1C(F)(F)F. The fourth-order valence-electron chi connectivity index (χ4n) is 3.07. The van der Waals surface area contributed by atoms with E-state index in [4.69, 9.17) is 23.2 Å². The molecule has 5 nitrogen and oxygen atoms in total. The number of alkyl halides is 3. The van der Waals surface area contributed by atoms with Gasteiger partial charge < -0.3 is 0 Å². The predicted octanol–water partition coefficient (Wildman–Crippen LogP) is 6.02. The van der Waals surface area contributed by atoms with Gasteiger partial charge in [0.15, 0.2) is 5.69 Å². The van der Waals surface area contributed by atoms with Gasteiger partial charge in [0.25, 0.3) is 5.91 Å². The van der Waals surface area contributed by atoms with Gasteiger partial charge in [0, 0.05) is 26.8 Å². The summed E-state index contributed by atoms with van der Waals surface area (Å²) in [7, 11) is 0. The van der Waals surface area contributed by atoms with Crippen LogP contribution in [0.5, 0.6) is 0 Å². The molecule has 0 aliphatic carbocycles. The maximum Gasteiger partial charge on any atom is 0.434 e. The van der Waals surface area contributed by atoms with E-state index < -0.39 is 23.3 Å². The highest BCUT2D eigenvalue weighted by Gasteiger charge is 2.40. The van der Waals surface area contributed by atoms with Crippen molar-refractivity contribution in [3.63, 3.8) is 0 Å². The second-order valence-corrected chi connectivity index (χ2v) is 8.45. The zero-order chi connectivity index (χ0) is 22.9. The lowest BCUT2D eigenvalue weighted by Crippen LogP contribution is -2.23. The normalized spacial score (nSPS) is 14.0. The highest BCUT2D eigenvalue weighted by atomic mass is 35.5. The van der Waals surface area contributed by atoms with Crippen LogP contribution >= 0.6 is 35.0 Å². The van der Waals surface area contributed by atoms with Gasteiger partial charge in [0.05, 0.1) is 28.7 Å². The van der Waals surface area contributed by atoms with Crippen molar-refractivity contribution in [2.75, 3.05) is 5.75 Å². The fraction of sp³-hybridized carbons (Fsp3) is 0.0952. The van der Waals surface area contributed by atoms with Gasteiger partial charge in [-0.25, -0.2) is 10.1 Å². The fourth-order valence-corrected chi connectivity index (χ4v) is 4.66. The molecule has 0 fully saturated rings. The molecule has 0 saturated carbocycles. The molecule has 1 N–H and O–H groups in total. The first kappa shape index (κ1) is 22.4. The van der Waals surface area contributed by atoms with Crippen molar-refractivity contribution in [3.8, 4) is 5.69 Å². The molecule has 11 heteroatoms. The van der Waals surface area contributed by atoms with Gasteiger partial charge in [-0.1, -0.05) is 41.4 Å². The Morgan fingerprint density at radius 1 is 1.19 bits per heavy atom. The van der Waals surface area contributed by atoms with Gasteiger partial charge >= 0.3 is 6.18 Å². The van der Waals surface area contributed by atoms with E-state index in [2.05, 4.69) is 15.6 Å². The average Bonchev–Trinajstić information content (AvgIpc) is 3.22. The lowest BCUT2D eigenvalue weighted by Gasteiger charge is -2.17. The topological polar surface area (TPSA) is 59.3 Å². The summed E-state index contributed by atoms with van der Waals surface area (Å²) in [6.07, 6.45) is -2.63. The van der Waals surface area contributed by atoms with Crippen LogP contribution in [0.2, 0.25) is 5.02 Å². The van der Waals surface area contributed by atoms with Gasteiger partial charge in [0.1, 0.15) is 0 Å². The smallest absolute Gasteiger partial charge is 0.267 e. The molecular weight excluding hydrogens is 484 g/mol. The molecule has 0 atom stereocenters. The minimum Gasteiger partial charge on any atom is -0.267 e. The number of hydrazone groups is 1. The maximum absolute atomic E-state index is 13.7. The predicted molar refractivity (Wildman–Crippen MR) is 119 cm³/mol. The van der Waals surface area contributed by atoms with Crippen LogP contribution in [0.4, 0.5) is 13.2 Å². The number of aromatic nitrogens is 2. The largest absolute Gasteiger partial charge is 0.434 e. The first-order chi connectivity index (χ1) is 15.3. The molecule has 0 bridgehead atoms. The number of thioether (sulfide) groups is 1. The second-order valence-electron chi connectivity index (χ2n) is 6.62. The third-order valence-corrected chi connectivity index (χ3v) is 6.32. The Morgan fingerprint density at radius 2 is 1.94 bits per heavy atom. The Hall–Kier alpha value is -2.75. The summed E-state index contributed by atoms with van der Waals surface area (Å²) in [5, 5.41) is 8.49. The van der Waals surface area contributed by atoms with E-state index >= 15 is 0 Å². The first-order valence-electron chi connectivity index (χ1n) is 9.11. The average molecular weight is 497 g/mol. The number of hydrogen-bond donors (Lipinski definition) is 1. The van der Waals surface area contributed by atoms with Crippen LogP contribution in [-0.4, -0.2) is 27.7 Å². The summed E-state index contributed by atoms with van der Waals surface area (Å²) in [5.41, 5.74) is 1.80. The molecule has 0 spiro atoms. The van der Waals surface area contributed by atoms with E-state index in [9.17, 15) is 18.0 Å². The van der Waals surface area contributed by atoms with Crippen LogP contribution in [0.3, 0.4) is 0 Å². The number of hydrogen-bond acceptors (Lipinski definition) is 4. The third kappa shape index (κ3) is 4.55. The molecule has 4 rings (SSSR count). The summed E-state index contributed by atoms with van der Waals surface area (Å²) < 4.78 is 41.8. The molecular formula is C21H13Cl2F3N4OS. The summed E-state index contributed by atoms with van der Waals surface area (Å²) in [6, 6.07) is 13.1. The molecule has 1 aromatic heterocycles. The molecule has 1 aliphatic rings. The zero-order valence-corrected chi connectivity index (χ0v) is 18.4. The standard InChI is InChI=1S/C21H13Cl2F3N4OS/c22-13-6-7-17-15(8-13)18(23)12(11-32-17)9-27-29-20(31)16-10-28-30(19(16)21(24,25)26)14-4-2-1-3-5-14/h1-10H,11H2,(H,29,31). The number of para-hydroxylation sites is 1. The Morgan fingerprint density at radius 3 is 2.66 bits per heavy atom. The number of rotatable bonds is 4. The van der Waals surface area contributed by atoms with Crippen molar-refractivity contribution in [2.45, 2.75) is 11.1 Å². The number of nitrogens with zero attached hydrogens (tertiary/aromatic N) is 3. The highest BCUT2D eigenvalue weighted by Crippen LogP contribution is 2.40. The number of benzene rings is 2. The molecule has 3 aromatic rings. The molecule has 32 heavy (non-hydrogen) atoms. The Balaban J connectivity index is 1.58. The number of carbonyl (C=O) groups is 1. The molecule has 1 amide bonds. The van der Waals surface area contributed by atoms with Crippen molar-refractivity contribution in [3.05, 3.63) is 82.1 Å². The van der Waals surface area contributed by atoms with Crippen molar-refractivity contribution >= 4 is 52.1 Å². The minimum atomic E-state index is -4.81. The van der Waals surface area contributed by atoms with Crippen LogP contribution in [0.15, 0.2) is 70.3 Å². The number of fused-ring (bicyclic) bond motifs is 1. The molecule has 2 aromatic carbocycles. The second kappa shape index (κ2) is 9.01. The first-order valence-corrected chi connectivity index (χ1v) is 10.9. The van der Waals surface area contributed by atoms with Gasteiger partial charge in [-0.3, -0.25) is 4.79 Å². The Labute approximate surface area is 194 Å². The Bertz CT molecular complexity index is 1240. The summed E-state index contributed by atoms with van der Waals surface area (Å²) >= 11 is 13.9. The number of carbonyl (C=O) groups excluding carboxylic acids is 1.